The molecule has 0 unspecified atom stereocenters. The van der Waals surface area contributed by atoms with Gasteiger partial charge in [-0.3, -0.25) is 0 Å². The minimum Gasteiger partial charge on any atom is -0.352 e. The largest absolute Gasteiger partial charge is 0.352 e. The Balaban J connectivity index is 1.96. The maximum atomic E-state index is 13.4. The Hall–Kier alpha value is -1.88. The first kappa shape index (κ1) is 19.4. The summed E-state index contributed by atoms with van der Waals surface area (Å²) in [6.45, 7) is 4.99. The zero-order valence-electron chi connectivity index (χ0n) is 15.4. The van der Waals surface area contributed by atoms with Crippen LogP contribution in [0, 0.1) is 6.92 Å². The van der Waals surface area contributed by atoms with Gasteiger partial charge in [0.2, 0.25) is 9.84 Å². The molecule has 1 aliphatic heterocycles. The highest BCUT2D eigenvalue weighted by molar-refractivity contribution is 7.98. The normalized spacial score (nSPS) is 15.3. The van der Waals surface area contributed by atoms with Gasteiger partial charge in [-0.2, -0.15) is 9.19 Å². The van der Waals surface area contributed by atoms with Crippen LogP contribution >= 0.6 is 23.5 Å². The first-order valence-electron chi connectivity index (χ1n) is 8.70. The van der Waals surface area contributed by atoms with E-state index in [2.05, 4.69) is 25.3 Å². The van der Waals surface area contributed by atoms with Gasteiger partial charge in [0, 0.05) is 37.5 Å². The second-order valence-corrected chi connectivity index (χ2v) is 9.36. The van der Waals surface area contributed by atoms with E-state index in [9.17, 15) is 8.42 Å². The molecule has 1 fully saturated rings. The van der Waals surface area contributed by atoms with Crippen molar-refractivity contribution in [2.24, 2.45) is 0 Å². The molecule has 0 radical (unpaired) electrons. The number of sulfone groups is 1. The number of hydrogen-bond acceptors (Lipinski definition) is 8. The molecule has 28 heavy (non-hydrogen) atoms. The molecule has 1 aliphatic rings. The minimum atomic E-state index is -3.85. The minimum absolute atomic E-state index is 0.0548. The van der Waals surface area contributed by atoms with Crippen LogP contribution in [-0.4, -0.2) is 60.0 Å². The quantitative estimate of drug-likeness (QED) is 0.662. The highest BCUT2D eigenvalue weighted by Gasteiger charge is 2.30. The molecule has 2 aromatic heterocycles. The van der Waals surface area contributed by atoms with Crippen molar-refractivity contribution < 1.29 is 8.42 Å². The number of fused-ring (bicyclic) bond motifs is 1. The van der Waals surface area contributed by atoms with Gasteiger partial charge < -0.3 is 10.2 Å². The number of rotatable bonds is 4. The molecule has 0 aliphatic carbocycles. The van der Waals surface area contributed by atoms with Gasteiger partial charge in [-0.15, -0.1) is 0 Å². The van der Waals surface area contributed by atoms with Gasteiger partial charge >= 0.3 is 0 Å². The zero-order chi connectivity index (χ0) is 19.9. The van der Waals surface area contributed by atoms with Gasteiger partial charge in [-0.25, -0.2) is 18.4 Å². The van der Waals surface area contributed by atoms with E-state index in [0.29, 0.717) is 27.7 Å². The van der Waals surface area contributed by atoms with Crippen molar-refractivity contribution in [3.8, 4) is 0 Å². The Kier molecular flexibility index (Phi) is 5.21. The highest BCUT2D eigenvalue weighted by atomic mass is 35.5. The fourth-order valence-electron chi connectivity index (χ4n) is 3.20. The number of benzene rings is 1. The molecule has 4 rings (SSSR count). The van der Waals surface area contributed by atoms with Crippen molar-refractivity contribution in [3.63, 3.8) is 0 Å². The number of halogens is 1. The molecule has 0 spiro atoms. The number of hydrogen-bond donors (Lipinski definition) is 1. The van der Waals surface area contributed by atoms with Gasteiger partial charge in [0.25, 0.3) is 0 Å². The lowest BCUT2D eigenvalue weighted by Crippen LogP contribution is -2.44. The van der Waals surface area contributed by atoms with Crippen LogP contribution in [0.5, 0.6) is 0 Å². The number of piperazine rings is 1. The fourth-order valence-corrected chi connectivity index (χ4v) is 5.62. The van der Waals surface area contributed by atoms with Gasteiger partial charge in [-0.1, -0.05) is 11.6 Å². The molecule has 0 atom stereocenters. The van der Waals surface area contributed by atoms with Crippen LogP contribution in [0.15, 0.2) is 34.2 Å². The van der Waals surface area contributed by atoms with Gasteiger partial charge in [0.15, 0.2) is 16.4 Å². The highest BCUT2D eigenvalue weighted by Crippen LogP contribution is 2.33. The summed E-state index contributed by atoms with van der Waals surface area (Å²) < 4.78 is 28.2. The molecule has 0 saturated carbocycles. The molecule has 3 aromatic rings. The summed E-state index contributed by atoms with van der Waals surface area (Å²) in [4.78, 5) is 11.3. The standard InChI is InChI=1S/C17H19ClN6O2S2/c1-11-20-15-14(16(21-11)23-9-7-19-8-10-23)22-24(27-2)17(15)28(25,26)13-5-3-12(18)4-6-13/h3-6,19H,7-10H2,1-2H3. The molecule has 1 aromatic carbocycles. The molecule has 3 heterocycles. The summed E-state index contributed by atoms with van der Waals surface area (Å²) in [6.07, 6.45) is 1.78. The van der Waals surface area contributed by atoms with E-state index >= 15 is 0 Å². The number of aryl methyl sites for hydroxylation is 1. The lowest BCUT2D eigenvalue weighted by Gasteiger charge is -2.28. The molecule has 1 N–H and O–H groups in total. The average Bonchev–Trinajstić information content (AvgIpc) is 3.07. The van der Waals surface area contributed by atoms with E-state index in [1.165, 1.54) is 28.2 Å². The van der Waals surface area contributed by atoms with Crippen molar-refractivity contribution in [3.05, 3.63) is 35.1 Å². The maximum Gasteiger partial charge on any atom is 0.226 e. The second-order valence-electron chi connectivity index (χ2n) is 6.35. The molecule has 8 nitrogen and oxygen atoms in total. The van der Waals surface area contributed by atoms with Crippen LogP contribution < -0.4 is 10.2 Å². The zero-order valence-corrected chi connectivity index (χ0v) is 17.8. The van der Waals surface area contributed by atoms with Crippen molar-refractivity contribution in [2.75, 3.05) is 37.3 Å². The summed E-state index contributed by atoms with van der Waals surface area (Å²) >= 11 is 7.13. The third-order valence-electron chi connectivity index (χ3n) is 4.51. The van der Waals surface area contributed by atoms with Crippen molar-refractivity contribution in [2.45, 2.75) is 16.8 Å². The van der Waals surface area contributed by atoms with Gasteiger partial charge in [0.05, 0.1) is 4.90 Å². The molecule has 11 heteroatoms. The molecular weight excluding hydrogens is 420 g/mol. The van der Waals surface area contributed by atoms with E-state index < -0.39 is 9.84 Å². The first-order chi connectivity index (χ1) is 13.4. The van der Waals surface area contributed by atoms with Crippen molar-refractivity contribution in [1.82, 2.24) is 24.5 Å². The third kappa shape index (κ3) is 3.34. The van der Waals surface area contributed by atoms with Crippen molar-refractivity contribution in [1.29, 1.82) is 0 Å². The molecule has 1 saturated heterocycles. The number of anilines is 1. The van der Waals surface area contributed by atoms with Crippen LogP contribution in [0.25, 0.3) is 11.0 Å². The van der Waals surface area contributed by atoms with E-state index in [-0.39, 0.29) is 9.92 Å². The number of aromatic nitrogens is 4. The molecular formula is C17H19ClN6O2S2. The van der Waals surface area contributed by atoms with Gasteiger partial charge in [-0.05, 0) is 43.1 Å². The van der Waals surface area contributed by atoms with Crippen molar-refractivity contribution >= 4 is 50.2 Å². The Labute approximate surface area is 172 Å². The SMILES string of the molecule is CSn1nc2c(N3CCNCC3)nc(C)nc2c1S(=O)(=O)c1ccc(Cl)cc1. The lowest BCUT2D eigenvalue weighted by molar-refractivity contribution is 0.585. The summed E-state index contributed by atoms with van der Waals surface area (Å²) in [6, 6.07) is 6.10. The smallest absolute Gasteiger partial charge is 0.226 e. The summed E-state index contributed by atoms with van der Waals surface area (Å²) in [5, 5.41) is 8.38. The summed E-state index contributed by atoms with van der Waals surface area (Å²) in [5.41, 5.74) is 0.833. The maximum absolute atomic E-state index is 13.4. The van der Waals surface area contributed by atoms with Crippen LogP contribution in [0.3, 0.4) is 0 Å². The monoisotopic (exact) mass is 438 g/mol. The molecule has 148 valence electrons. The lowest BCUT2D eigenvalue weighted by atomic mass is 10.3. The molecule has 0 bridgehead atoms. The topological polar surface area (TPSA) is 93.0 Å². The average molecular weight is 439 g/mol. The predicted octanol–water partition coefficient (Wildman–Crippen LogP) is 2.16. The third-order valence-corrected chi connectivity index (χ3v) is 7.26. The van der Waals surface area contributed by atoms with E-state index in [1.807, 2.05) is 0 Å². The Bertz CT molecular complexity index is 1120. The van der Waals surface area contributed by atoms with E-state index in [0.717, 1.165) is 26.2 Å². The Morgan fingerprint density at radius 1 is 1.11 bits per heavy atom. The fraction of sp³-hybridized carbons (Fsp3) is 0.353. The molecule has 0 amide bonds. The number of nitrogens with one attached hydrogen (secondary N) is 1. The second kappa shape index (κ2) is 7.51. The Morgan fingerprint density at radius 2 is 1.79 bits per heavy atom. The van der Waals surface area contributed by atoms with Crippen LogP contribution in [0.2, 0.25) is 5.02 Å². The van der Waals surface area contributed by atoms with E-state index in [1.54, 1.807) is 25.3 Å². The van der Waals surface area contributed by atoms with E-state index in [4.69, 9.17) is 11.6 Å². The summed E-state index contributed by atoms with van der Waals surface area (Å²) in [7, 11) is -3.85. The van der Waals surface area contributed by atoms with Gasteiger partial charge in [0.1, 0.15) is 11.3 Å². The summed E-state index contributed by atoms with van der Waals surface area (Å²) in [5.74, 6) is 1.18. The van der Waals surface area contributed by atoms with Crippen LogP contribution in [0.1, 0.15) is 5.82 Å². The Morgan fingerprint density at radius 3 is 2.43 bits per heavy atom. The first-order valence-corrected chi connectivity index (χ1v) is 11.7. The van der Waals surface area contributed by atoms with Crippen LogP contribution in [0.4, 0.5) is 5.82 Å². The number of nitrogens with zero attached hydrogens (tertiary/aromatic N) is 5. The van der Waals surface area contributed by atoms with Crippen LogP contribution in [-0.2, 0) is 9.84 Å². The predicted molar refractivity (Wildman–Crippen MR) is 111 cm³/mol.